The molecule has 0 aliphatic rings. The maximum Gasteiger partial charge on any atom is 0.200 e. The van der Waals surface area contributed by atoms with Crippen molar-refractivity contribution in [3.63, 3.8) is 0 Å². The van der Waals surface area contributed by atoms with Crippen LogP contribution in [0, 0.1) is 116 Å². The third kappa shape index (κ3) is 4.58. The maximum atomic E-state index is 15.4. The van der Waals surface area contributed by atoms with Crippen LogP contribution in [0.3, 0.4) is 0 Å². The largest absolute Gasteiger partial charge is 0.207 e. The third-order valence-corrected chi connectivity index (χ3v) is 6.71. The first-order valence-corrected chi connectivity index (χ1v) is 10.9. The van der Waals surface area contributed by atoms with E-state index in [-0.39, 0.29) is 20.4 Å². The van der Waals surface area contributed by atoms with Gasteiger partial charge in [0.2, 0.25) is 0 Å². The normalized spacial score (nSPS) is 11.7. The first-order valence-electron chi connectivity index (χ1n) is 10.9. The fraction of sp³-hybridized carbons (Fsp3) is 0. The second-order valence-corrected chi connectivity index (χ2v) is 8.80. The van der Waals surface area contributed by atoms with Gasteiger partial charge in [-0.3, -0.25) is 0 Å². The van der Waals surface area contributed by atoms with Crippen LogP contribution in [0.1, 0.15) is 0 Å². The van der Waals surface area contributed by atoms with Gasteiger partial charge in [0.15, 0.2) is 69.8 Å². The Bertz CT molecular complexity index is 1580. The molecule has 250 valence electrons. The number of halogens is 20. The van der Waals surface area contributed by atoms with E-state index in [0.717, 1.165) is 0 Å². The zero-order chi connectivity index (χ0) is 34.4. The van der Waals surface area contributed by atoms with E-state index in [9.17, 15) is 52.7 Å². The van der Waals surface area contributed by atoms with Crippen LogP contribution in [0.2, 0.25) is 0 Å². The van der Waals surface area contributed by atoms with Crippen molar-refractivity contribution in [3.05, 3.63) is 116 Å². The number of rotatable bonds is 4. The van der Waals surface area contributed by atoms with Crippen molar-refractivity contribution in [1.29, 1.82) is 0 Å². The van der Waals surface area contributed by atoms with E-state index in [1.54, 1.807) is 0 Å². The smallest absolute Gasteiger partial charge is 0.200 e. The summed E-state index contributed by atoms with van der Waals surface area (Å²) in [7, 11) is 0. The number of hydrogen-bond acceptors (Lipinski definition) is 0. The van der Waals surface area contributed by atoms with E-state index >= 15 is 35.1 Å². The molecule has 22 heteroatoms. The van der Waals surface area contributed by atoms with Crippen molar-refractivity contribution in [1.82, 2.24) is 0 Å². The fourth-order valence-corrected chi connectivity index (χ4v) is 4.87. The summed E-state index contributed by atoms with van der Waals surface area (Å²) in [4.78, 5) is 0. The zero-order valence-corrected chi connectivity index (χ0v) is 22.0. The first-order chi connectivity index (χ1) is 20.7. The molecule has 0 radical (unpaired) electrons. The zero-order valence-electron chi connectivity index (χ0n) is 20.5. The van der Waals surface area contributed by atoms with Crippen molar-refractivity contribution >= 4 is 28.0 Å². The fourth-order valence-electron chi connectivity index (χ4n) is 4.87. The Morgan fingerprint density at radius 2 is 0.261 bits per heavy atom. The predicted molar refractivity (Wildman–Crippen MR) is 109 cm³/mol. The molecule has 0 heterocycles. The Morgan fingerprint density at radius 3 is 0.370 bits per heavy atom. The van der Waals surface area contributed by atoms with E-state index in [1.807, 2.05) is 0 Å². The molecule has 0 amide bonds. The monoisotopic (exact) mass is 785 g/mol. The van der Waals surface area contributed by atoms with Gasteiger partial charge in [-0.25, -0.2) is 87.8 Å². The quantitative estimate of drug-likeness (QED) is 0.106. The summed E-state index contributed by atoms with van der Waals surface area (Å²) in [5, 5.41) is 0. The van der Waals surface area contributed by atoms with Crippen molar-refractivity contribution in [3.8, 4) is 0 Å². The Kier molecular flexibility index (Phi) is 9.64. The summed E-state index contributed by atoms with van der Waals surface area (Å²) in [6.07, 6.45) is -7.22. The molecular weight excluding hydrogens is 785 g/mol. The molecule has 4 rings (SSSR count). The SMILES string of the molecule is Fc1c(F)c(F)c([B-](c2c(F)c(F)c(F)c(F)c2F)(c2c(F)c(F)c(F)c(F)c2F)c2c(F)c(F)c(F)c(F)c2F)c(F)c1F.[Pd]. The molecule has 0 aromatic heterocycles. The molecule has 0 aliphatic carbocycles. The summed E-state index contributed by atoms with van der Waals surface area (Å²) in [5.41, 5.74) is -14.3. The van der Waals surface area contributed by atoms with Crippen molar-refractivity contribution in [2.45, 2.75) is 0 Å². The van der Waals surface area contributed by atoms with Crippen molar-refractivity contribution in [2.24, 2.45) is 0 Å². The van der Waals surface area contributed by atoms with E-state index in [4.69, 9.17) is 0 Å². The summed E-state index contributed by atoms with van der Waals surface area (Å²) in [6, 6.07) is 0. The van der Waals surface area contributed by atoms with E-state index in [0.29, 0.717) is 0 Å². The molecule has 4 aromatic rings. The molecule has 0 fully saturated rings. The third-order valence-electron chi connectivity index (χ3n) is 6.71. The van der Waals surface area contributed by atoms with Crippen LogP contribution in [0.25, 0.3) is 0 Å². The van der Waals surface area contributed by atoms with Gasteiger partial charge in [0, 0.05) is 20.4 Å². The van der Waals surface area contributed by atoms with E-state index in [1.165, 1.54) is 0 Å². The summed E-state index contributed by atoms with van der Waals surface area (Å²) in [6.45, 7) is 0. The second kappa shape index (κ2) is 12.1. The average molecular weight is 785 g/mol. The molecule has 0 unspecified atom stereocenters. The van der Waals surface area contributed by atoms with Crippen LogP contribution in [0.4, 0.5) is 87.8 Å². The molecule has 4 aromatic carbocycles. The standard InChI is InChI=1S/C24BF20.Pd/c26-5-1(6(27)14(35)21(42)13(5)34)25(2-7(28)15(36)22(43)16(37)8(2)29,3-9(30)17(38)23(44)18(39)10(3)31)4-11(32)19(40)24(45)20(41)12(4)33;/q-1;. The minimum atomic E-state index is -7.22. The van der Waals surface area contributed by atoms with Crippen LogP contribution < -0.4 is 21.9 Å². The van der Waals surface area contributed by atoms with Gasteiger partial charge >= 0.3 is 0 Å². The Labute approximate surface area is 252 Å². The average Bonchev–Trinajstić information content (AvgIpc) is 3.00. The van der Waals surface area contributed by atoms with Crippen LogP contribution in [0.5, 0.6) is 0 Å². The maximum absolute atomic E-state index is 15.4. The molecule has 0 bridgehead atoms. The second-order valence-electron chi connectivity index (χ2n) is 8.80. The van der Waals surface area contributed by atoms with Crippen LogP contribution in [0.15, 0.2) is 0 Å². The van der Waals surface area contributed by atoms with Gasteiger partial charge < -0.3 is 0 Å². The topological polar surface area (TPSA) is 0 Å². The molecule has 0 aliphatic heterocycles. The number of hydrogen-bond donors (Lipinski definition) is 0. The van der Waals surface area contributed by atoms with E-state index in [2.05, 4.69) is 0 Å². The molecule has 0 atom stereocenters. The van der Waals surface area contributed by atoms with Gasteiger partial charge in [-0.15, -0.1) is 21.9 Å². The molecule has 0 saturated carbocycles. The summed E-state index contributed by atoms with van der Waals surface area (Å²) in [5.74, 6) is -71.4. The van der Waals surface area contributed by atoms with Gasteiger partial charge in [0.25, 0.3) is 0 Å². The van der Waals surface area contributed by atoms with Crippen LogP contribution in [-0.2, 0) is 20.4 Å². The van der Waals surface area contributed by atoms with Gasteiger partial charge in [-0.1, -0.05) is 0 Å². The van der Waals surface area contributed by atoms with Gasteiger partial charge in [0.05, 0.1) is 0 Å². The van der Waals surface area contributed by atoms with Crippen LogP contribution >= 0.6 is 0 Å². The van der Waals surface area contributed by atoms with Crippen molar-refractivity contribution < 1.29 is 108 Å². The van der Waals surface area contributed by atoms with Gasteiger partial charge in [-0.2, -0.15) is 0 Å². The first kappa shape index (κ1) is 36.7. The van der Waals surface area contributed by atoms with E-state index < -0.39 is 144 Å². The summed E-state index contributed by atoms with van der Waals surface area (Å²) >= 11 is 0. The molecular formula is C24BF20Pd-. The van der Waals surface area contributed by atoms with Gasteiger partial charge in [0.1, 0.15) is 52.7 Å². The Hall–Kier alpha value is -3.79. The molecule has 0 nitrogen and oxygen atoms in total. The molecule has 0 saturated heterocycles. The van der Waals surface area contributed by atoms with Crippen LogP contribution in [-0.4, -0.2) is 6.15 Å². The molecule has 46 heavy (non-hydrogen) atoms. The molecule has 0 N–H and O–H groups in total. The minimum absolute atomic E-state index is 0. The van der Waals surface area contributed by atoms with Gasteiger partial charge in [-0.05, 0) is 0 Å². The number of benzene rings is 4. The predicted octanol–water partition coefficient (Wildman–Crippen LogP) is 5.84. The Balaban J connectivity index is 0.00000576. The molecule has 0 spiro atoms. The van der Waals surface area contributed by atoms with Crippen molar-refractivity contribution in [2.75, 3.05) is 0 Å². The minimum Gasteiger partial charge on any atom is -0.207 e. The Morgan fingerprint density at radius 1 is 0.174 bits per heavy atom. The summed E-state index contributed by atoms with van der Waals surface area (Å²) < 4.78 is 294.